The average Bonchev–Trinajstić information content (AvgIpc) is 2.77. The van der Waals surface area contributed by atoms with Gasteiger partial charge in [-0.1, -0.05) is 20.8 Å². The van der Waals surface area contributed by atoms with E-state index in [0.717, 1.165) is 84.2 Å². The molecule has 8 heteroatoms. The monoisotopic (exact) mass is 563 g/mol. The summed E-state index contributed by atoms with van der Waals surface area (Å²) in [6.07, 6.45) is 6.17. The Morgan fingerprint density at radius 2 is 1.69 bits per heavy atom. The molecule has 7 nitrogen and oxygen atoms in total. The highest BCUT2D eigenvalue weighted by Gasteiger charge is 2.35. The van der Waals surface area contributed by atoms with Crippen LogP contribution in [-0.4, -0.2) is 98.2 Å². The Morgan fingerprint density at radius 3 is 2.31 bits per heavy atom. The molecule has 32 heavy (non-hydrogen) atoms. The van der Waals surface area contributed by atoms with Gasteiger partial charge in [0.1, 0.15) is 0 Å². The van der Waals surface area contributed by atoms with Crippen LogP contribution in [0.15, 0.2) is 4.99 Å². The highest BCUT2D eigenvalue weighted by atomic mass is 127. The van der Waals surface area contributed by atoms with Crippen molar-refractivity contribution >= 4 is 35.8 Å². The first-order valence-corrected chi connectivity index (χ1v) is 12.5. The Labute approximate surface area is 212 Å². The van der Waals surface area contributed by atoms with E-state index in [1.54, 1.807) is 0 Å². The number of hydrogen-bond donors (Lipinski definition) is 1. The van der Waals surface area contributed by atoms with E-state index in [2.05, 4.69) is 47.7 Å². The zero-order valence-electron chi connectivity index (χ0n) is 20.8. The molecule has 3 saturated heterocycles. The molecule has 0 radical (unpaired) electrons. The quantitative estimate of drug-likeness (QED) is 0.317. The normalized spacial score (nSPS) is 25.9. The Morgan fingerprint density at radius 1 is 1.00 bits per heavy atom. The molecule has 0 aromatic heterocycles. The summed E-state index contributed by atoms with van der Waals surface area (Å²) < 4.78 is 6.15. The van der Waals surface area contributed by atoms with Crippen molar-refractivity contribution in [3.05, 3.63) is 0 Å². The first-order chi connectivity index (χ1) is 14.9. The zero-order valence-corrected chi connectivity index (χ0v) is 23.1. The number of carbonyl (C=O) groups is 1. The fourth-order valence-corrected chi connectivity index (χ4v) is 5.17. The van der Waals surface area contributed by atoms with Gasteiger partial charge in [-0.25, -0.2) is 0 Å². The summed E-state index contributed by atoms with van der Waals surface area (Å²) in [5.41, 5.74) is 0.144. The maximum atomic E-state index is 12.6. The topological polar surface area (TPSA) is 60.4 Å². The molecule has 1 N–H and O–H groups in total. The third-order valence-electron chi connectivity index (χ3n) is 6.85. The van der Waals surface area contributed by atoms with Crippen molar-refractivity contribution in [2.24, 2.45) is 16.3 Å². The Kier molecular flexibility index (Phi) is 11.5. The molecular formula is C24H46IN5O2. The lowest BCUT2D eigenvalue weighted by Crippen LogP contribution is -2.54. The van der Waals surface area contributed by atoms with Gasteiger partial charge in [-0.2, -0.15) is 0 Å². The molecule has 0 aliphatic carbocycles. The standard InChI is InChI=1S/C24H45N5O2.HI/c1-5-25-23(26-18-20-10-9-17-31-22(20)24(2,3)4)29-15-13-27(14-16-29)19-21(30)28-11-7-6-8-12-28;/h20,22H,5-19H2,1-4H3,(H,25,26);1H. The lowest BCUT2D eigenvalue weighted by Gasteiger charge is -2.40. The molecular weight excluding hydrogens is 517 g/mol. The van der Waals surface area contributed by atoms with Gasteiger partial charge in [-0.15, -0.1) is 24.0 Å². The Bertz CT molecular complexity index is 596. The van der Waals surface area contributed by atoms with Crippen molar-refractivity contribution in [3.8, 4) is 0 Å². The summed E-state index contributed by atoms with van der Waals surface area (Å²) in [6, 6.07) is 0. The number of rotatable bonds is 5. The molecule has 1 amide bonds. The van der Waals surface area contributed by atoms with Crippen LogP contribution in [0, 0.1) is 11.3 Å². The number of piperidine rings is 1. The van der Waals surface area contributed by atoms with Gasteiger partial charge in [0.25, 0.3) is 0 Å². The van der Waals surface area contributed by atoms with Gasteiger partial charge in [-0.3, -0.25) is 14.7 Å². The molecule has 3 aliphatic heterocycles. The summed E-state index contributed by atoms with van der Waals surface area (Å²) in [7, 11) is 0. The first-order valence-electron chi connectivity index (χ1n) is 12.5. The number of piperazine rings is 1. The molecule has 0 aromatic carbocycles. The van der Waals surface area contributed by atoms with Crippen LogP contribution in [0.5, 0.6) is 0 Å². The summed E-state index contributed by atoms with van der Waals surface area (Å²) in [6.45, 7) is 17.6. The Hall–Kier alpha value is -0.610. The summed E-state index contributed by atoms with van der Waals surface area (Å²) in [4.78, 5) is 24.4. The van der Waals surface area contributed by atoms with E-state index in [1.807, 2.05) is 0 Å². The van der Waals surface area contributed by atoms with Crippen LogP contribution in [0.3, 0.4) is 0 Å². The van der Waals surface area contributed by atoms with Crippen molar-refractivity contribution in [2.45, 2.75) is 65.9 Å². The molecule has 2 unspecified atom stereocenters. The number of likely N-dealkylation sites (tertiary alicyclic amines) is 1. The first kappa shape index (κ1) is 27.6. The Balaban J connectivity index is 0.00000363. The molecule has 2 atom stereocenters. The lowest BCUT2D eigenvalue weighted by atomic mass is 9.78. The van der Waals surface area contributed by atoms with Crippen LogP contribution in [0.4, 0.5) is 0 Å². The van der Waals surface area contributed by atoms with Crippen molar-refractivity contribution in [3.63, 3.8) is 0 Å². The second-order valence-electron chi connectivity index (χ2n) is 10.5. The number of guanidine groups is 1. The van der Waals surface area contributed by atoms with Crippen molar-refractivity contribution in [2.75, 3.05) is 65.5 Å². The van der Waals surface area contributed by atoms with Crippen LogP contribution in [0.25, 0.3) is 0 Å². The van der Waals surface area contributed by atoms with Gasteiger partial charge >= 0.3 is 0 Å². The number of ether oxygens (including phenoxy) is 1. The predicted molar refractivity (Wildman–Crippen MR) is 142 cm³/mol. The van der Waals surface area contributed by atoms with E-state index >= 15 is 0 Å². The van der Waals surface area contributed by atoms with E-state index in [0.29, 0.717) is 18.4 Å². The average molecular weight is 564 g/mol. The number of nitrogens with zero attached hydrogens (tertiary/aromatic N) is 4. The molecule has 0 spiro atoms. The summed E-state index contributed by atoms with van der Waals surface area (Å²) in [5.74, 6) is 1.80. The minimum absolute atomic E-state index is 0. The number of carbonyl (C=O) groups excluding carboxylic acids is 1. The van der Waals surface area contributed by atoms with E-state index in [4.69, 9.17) is 9.73 Å². The smallest absolute Gasteiger partial charge is 0.236 e. The molecule has 0 aromatic rings. The molecule has 3 rings (SSSR count). The number of hydrogen-bond acceptors (Lipinski definition) is 4. The van der Waals surface area contributed by atoms with Crippen LogP contribution in [0.1, 0.15) is 59.8 Å². The fraction of sp³-hybridized carbons (Fsp3) is 0.917. The molecule has 3 heterocycles. The van der Waals surface area contributed by atoms with E-state index in [-0.39, 0.29) is 35.5 Å². The zero-order chi connectivity index (χ0) is 22.3. The lowest BCUT2D eigenvalue weighted by molar-refractivity contribution is -0.133. The number of aliphatic imine (C=N–C) groups is 1. The number of halogens is 1. The molecule has 186 valence electrons. The largest absolute Gasteiger partial charge is 0.377 e. The third kappa shape index (κ3) is 8.01. The molecule has 0 bridgehead atoms. The van der Waals surface area contributed by atoms with Gasteiger partial charge in [0, 0.05) is 64.9 Å². The van der Waals surface area contributed by atoms with Crippen LogP contribution >= 0.6 is 24.0 Å². The van der Waals surface area contributed by atoms with Gasteiger partial charge in [0.15, 0.2) is 5.96 Å². The number of amides is 1. The van der Waals surface area contributed by atoms with E-state index in [1.165, 1.54) is 12.8 Å². The van der Waals surface area contributed by atoms with Crippen LogP contribution in [-0.2, 0) is 9.53 Å². The van der Waals surface area contributed by atoms with Gasteiger partial charge in [-0.05, 0) is 44.4 Å². The number of nitrogens with one attached hydrogen (secondary N) is 1. The SMILES string of the molecule is CCNC(=NCC1CCCOC1C(C)(C)C)N1CCN(CC(=O)N2CCCCC2)CC1.I. The minimum Gasteiger partial charge on any atom is -0.377 e. The predicted octanol–water partition coefficient (Wildman–Crippen LogP) is 3.04. The highest BCUT2D eigenvalue weighted by Crippen LogP contribution is 2.34. The molecule has 3 fully saturated rings. The maximum Gasteiger partial charge on any atom is 0.236 e. The van der Waals surface area contributed by atoms with Crippen molar-refractivity contribution in [1.82, 2.24) is 20.0 Å². The van der Waals surface area contributed by atoms with Gasteiger partial charge in [0.05, 0.1) is 12.6 Å². The second kappa shape index (κ2) is 13.3. The summed E-state index contributed by atoms with van der Waals surface area (Å²) >= 11 is 0. The highest BCUT2D eigenvalue weighted by molar-refractivity contribution is 14.0. The van der Waals surface area contributed by atoms with Gasteiger partial charge in [0.2, 0.25) is 5.91 Å². The van der Waals surface area contributed by atoms with Crippen molar-refractivity contribution < 1.29 is 9.53 Å². The third-order valence-corrected chi connectivity index (χ3v) is 6.85. The van der Waals surface area contributed by atoms with Crippen LogP contribution < -0.4 is 5.32 Å². The minimum atomic E-state index is 0. The summed E-state index contributed by atoms with van der Waals surface area (Å²) in [5, 5.41) is 3.49. The maximum absolute atomic E-state index is 12.6. The van der Waals surface area contributed by atoms with Gasteiger partial charge < -0.3 is 19.9 Å². The molecule has 3 aliphatic rings. The molecule has 0 saturated carbocycles. The van der Waals surface area contributed by atoms with E-state index < -0.39 is 0 Å². The fourth-order valence-electron chi connectivity index (χ4n) is 5.17. The van der Waals surface area contributed by atoms with Crippen molar-refractivity contribution in [1.29, 1.82) is 0 Å². The second-order valence-corrected chi connectivity index (χ2v) is 10.5. The van der Waals surface area contributed by atoms with Crippen LogP contribution in [0.2, 0.25) is 0 Å². The van der Waals surface area contributed by atoms with E-state index in [9.17, 15) is 4.79 Å².